The number of pyridine rings is 2. The molecule has 0 saturated heterocycles. The molecule has 0 spiro atoms. The van der Waals surface area contributed by atoms with Gasteiger partial charge in [-0.2, -0.15) is 0 Å². The van der Waals surface area contributed by atoms with Crippen molar-refractivity contribution in [2.24, 2.45) is 0 Å². The first-order chi connectivity index (χ1) is 19.3. The van der Waals surface area contributed by atoms with Crippen LogP contribution in [0, 0.1) is 0 Å². The third kappa shape index (κ3) is 3.70. The lowest BCUT2D eigenvalue weighted by molar-refractivity contribution is 1.37. The number of hydrogen-bond acceptors (Lipinski definition) is 3. The molecule has 0 aliphatic heterocycles. The number of thiophene rings is 1. The fourth-order valence-corrected chi connectivity index (χ4v) is 6.70. The van der Waals surface area contributed by atoms with Gasteiger partial charge in [-0.15, -0.1) is 11.3 Å². The molecule has 2 nitrogen and oxygen atoms in total. The fraction of sp³-hybridized carbons (Fsp3) is 0. The predicted molar refractivity (Wildman–Crippen MR) is 166 cm³/mol. The maximum Gasteiger partial charge on any atom is 0.0970 e. The minimum absolute atomic E-state index is 0.932. The molecule has 0 bridgehead atoms. The van der Waals surface area contributed by atoms with Gasteiger partial charge in [0.2, 0.25) is 0 Å². The fourth-order valence-electron chi connectivity index (χ4n) is 5.61. The molecule has 3 heteroatoms. The molecule has 5 aromatic carbocycles. The molecule has 0 unspecified atom stereocenters. The molecule has 0 N–H and O–H groups in total. The third-order valence-electron chi connectivity index (χ3n) is 7.55. The number of hydrogen-bond donors (Lipinski definition) is 0. The molecule has 182 valence electrons. The van der Waals surface area contributed by atoms with Gasteiger partial charge in [0.05, 0.1) is 11.0 Å². The largest absolute Gasteiger partial charge is 0.254 e. The van der Waals surface area contributed by atoms with Gasteiger partial charge in [0, 0.05) is 48.9 Å². The van der Waals surface area contributed by atoms with Crippen LogP contribution in [-0.2, 0) is 0 Å². The molecular formula is C36H22N2S. The van der Waals surface area contributed by atoms with Gasteiger partial charge in [0.15, 0.2) is 0 Å². The summed E-state index contributed by atoms with van der Waals surface area (Å²) in [4.78, 5) is 9.60. The molecule has 8 rings (SSSR count). The smallest absolute Gasteiger partial charge is 0.0970 e. The average Bonchev–Trinajstić information content (AvgIpc) is 3.39. The van der Waals surface area contributed by atoms with Crippen LogP contribution in [0.5, 0.6) is 0 Å². The molecule has 39 heavy (non-hydrogen) atoms. The second kappa shape index (κ2) is 8.87. The first-order valence-electron chi connectivity index (χ1n) is 13.1. The highest BCUT2D eigenvalue weighted by Gasteiger charge is 2.12. The van der Waals surface area contributed by atoms with Crippen LogP contribution < -0.4 is 0 Å². The average molecular weight is 515 g/mol. The molecule has 3 aromatic heterocycles. The van der Waals surface area contributed by atoms with Crippen LogP contribution in [0.15, 0.2) is 134 Å². The van der Waals surface area contributed by atoms with Crippen molar-refractivity contribution in [1.82, 2.24) is 9.97 Å². The van der Waals surface area contributed by atoms with Crippen molar-refractivity contribution < 1.29 is 0 Å². The van der Waals surface area contributed by atoms with Gasteiger partial charge in [-0.3, -0.25) is 9.97 Å². The van der Waals surface area contributed by atoms with E-state index in [4.69, 9.17) is 9.97 Å². The zero-order valence-corrected chi connectivity index (χ0v) is 21.8. The van der Waals surface area contributed by atoms with E-state index in [1.54, 1.807) is 0 Å². The molecule has 0 amide bonds. The highest BCUT2D eigenvalue weighted by Crippen LogP contribution is 2.38. The van der Waals surface area contributed by atoms with Crippen molar-refractivity contribution in [3.63, 3.8) is 0 Å². The number of aromatic nitrogens is 2. The quantitative estimate of drug-likeness (QED) is 0.219. The van der Waals surface area contributed by atoms with Gasteiger partial charge in [0.1, 0.15) is 0 Å². The molecular weight excluding hydrogens is 492 g/mol. The van der Waals surface area contributed by atoms with E-state index in [1.807, 2.05) is 35.9 Å². The number of benzene rings is 5. The van der Waals surface area contributed by atoms with Crippen molar-refractivity contribution in [2.75, 3.05) is 0 Å². The van der Waals surface area contributed by atoms with Crippen molar-refractivity contribution in [3.05, 3.63) is 134 Å². The summed E-state index contributed by atoms with van der Waals surface area (Å²) in [5.74, 6) is 0. The molecule has 0 radical (unpaired) electrons. The van der Waals surface area contributed by atoms with Crippen LogP contribution in [0.4, 0.5) is 0 Å². The minimum atomic E-state index is 0.932. The number of rotatable bonds is 3. The lowest BCUT2D eigenvalue weighted by Crippen LogP contribution is -1.90. The molecule has 8 aromatic rings. The Bertz CT molecular complexity index is 2160. The Kier molecular flexibility index (Phi) is 5.04. The van der Waals surface area contributed by atoms with E-state index in [2.05, 4.69) is 109 Å². The maximum atomic E-state index is 4.85. The molecule has 0 aliphatic rings. The number of nitrogens with zero attached hydrogens (tertiary/aromatic N) is 2. The standard InChI is InChI=1S/C36H22N2S/c1-2-7-23(8-3-1)28-19-27-21-31(30-10-6-18-37-36(30)35(27)38-22-28)25-14-12-24(13-15-25)26-16-17-34-32(20-26)29-9-4-5-11-33(29)39-34/h1-22H. The van der Waals surface area contributed by atoms with Gasteiger partial charge < -0.3 is 0 Å². The second-order valence-electron chi connectivity index (χ2n) is 9.87. The van der Waals surface area contributed by atoms with Crippen LogP contribution >= 0.6 is 11.3 Å². The lowest BCUT2D eigenvalue weighted by atomic mass is 9.94. The van der Waals surface area contributed by atoms with Crippen LogP contribution in [0.1, 0.15) is 0 Å². The number of fused-ring (bicyclic) bond motifs is 6. The van der Waals surface area contributed by atoms with E-state index < -0.39 is 0 Å². The van der Waals surface area contributed by atoms with Gasteiger partial charge in [-0.05, 0) is 64.2 Å². The van der Waals surface area contributed by atoms with E-state index in [0.29, 0.717) is 0 Å². The summed E-state index contributed by atoms with van der Waals surface area (Å²) >= 11 is 1.86. The minimum Gasteiger partial charge on any atom is -0.254 e. The highest BCUT2D eigenvalue weighted by molar-refractivity contribution is 7.25. The van der Waals surface area contributed by atoms with Crippen LogP contribution in [0.2, 0.25) is 0 Å². The zero-order valence-electron chi connectivity index (χ0n) is 21.0. The summed E-state index contributed by atoms with van der Waals surface area (Å²) in [6.07, 6.45) is 3.81. The first kappa shape index (κ1) is 22.2. The van der Waals surface area contributed by atoms with Crippen molar-refractivity contribution >= 4 is 53.3 Å². The van der Waals surface area contributed by atoms with Crippen LogP contribution in [0.3, 0.4) is 0 Å². The van der Waals surface area contributed by atoms with Crippen LogP contribution in [0.25, 0.3) is 75.4 Å². The monoisotopic (exact) mass is 514 g/mol. The molecule has 0 saturated carbocycles. The molecule has 0 aliphatic carbocycles. The Balaban J connectivity index is 1.25. The van der Waals surface area contributed by atoms with Gasteiger partial charge in [0.25, 0.3) is 0 Å². The van der Waals surface area contributed by atoms with E-state index in [9.17, 15) is 0 Å². The summed E-state index contributed by atoms with van der Waals surface area (Å²) in [6.45, 7) is 0. The summed E-state index contributed by atoms with van der Waals surface area (Å²) in [5, 5.41) is 4.86. The van der Waals surface area contributed by atoms with Gasteiger partial charge in [-0.1, -0.05) is 84.9 Å². The Labute approximate surface area is 229 Å². The van der Waals surface area contributed by atoms with Crippen molar-refractivity contribution in [3.8, 4) is 33.4 Å². The summed E-state index contributed by atoms with van der Waals surface area (Å²) in [5.41, 5.74) is 8.93. The Hall–Kier alpha value is -4.86. The normalized spacial score (nSPS) is 11.6. The summed E-state index contributed by atoms with van der Waals surface area (Å²) < 4.78 is 2.66. The van der Waals surface area contributed by atoms with Crippen LogP contribution in [-0.4, -0.2) is 9.97 Å². The Morgan fingerprint density at radius 2 is 1.15 bits per heavy atom. The van der Waals surface area contributed by atoms with Gasteiger partial charge >= 0.3 is 0 Å². The Morgan fingerprint density at radius 3 is 2.05 bits per heavy atom. The highest BCUT2D eigenvalue weighted by atomic mass is 32.1. The maximum absolute atomic E-state index is 4.85. The molecule has 0 atom stereocenters. The molecule has 3 heterocycles. The second-order valence-corrected chi connectivity index (χ2v) is 11.0. The van der Waals surface area contributed by atoms with E-state index >= 15 is 0 Å². The lowest BCUT2D eigenvalue weighted by Gasteiger charge is -2.12. The van der Waals surface area contributed by atoms with Crippen molar-refractivity contribution in [1.29, 1.82) is 0 Å². The summed E-state index contributed by atoms with van der Waals surface area (Å²) in [7, 11) is 0. The predicted octanol–water partition coefficient (Wildman–Crippen LogP) is 10.2. The molecule has 0 fully saturated rings. The van der Waals surface area contributed by atoms with Crippen molar-refractivity contribution in [2.45, 2.75) is 0 Å². The Morgan fingerprint density at radius 1 is 0.436 bits per heavy atom. The third-order valence-corrected chi connectivity index (χ3v) is 8.70. The van der Waals surface area contributed by atoms with Gasteiger partial charge in [-0.25, -0.2) is 0 Å². The first-order valence-corrected chi connectivity index (χ1v) is 13.9. The van der Waals surface area contributed by atoms with E-state index in [0.717, 1.165) is 32.9 Å². The van der Waals surface area contributed by atoms with E-state index in [-0.39, 0.29) is 0 Å². The summed E-state index contributed by atoms with van der Waals surface area (Å²) in [6, 6.07) is 43.4. The zero-order chi connectivity index (χ0) is 25.8. The SMILES string of the molecule is c1ccc(-c2cnc3c(c2)cc(-c2ccc(-c4ccc5sc6ccccc6c5c4)cc2)c2cccnc23)cc1. The topological polar surface area (TPSA) is 25.8 Å². The van der Waals surface area contributed by atoms with E-state index in [1.165, 1.54) is 42.4 Å².